The number of amides is 1. The number of nitrogens with two attached hydrogens (primary N) is 1. The van der Waals surface area contributed by atoms with Crippen LogP contribution in [0.25, 0.3) is 0 Å². The maximum absolute atomic E-state index is 12.2. The Morgan fingerprint density at radius 2 is 2.32 bits per heavy atom. The molecule has 0 saturated heterocycles. The lowest BCUT2D eigenvalue weighted by molar-refractivity contribution is -0.122. The molecule has 1 atom stereocenters. The van der Waals surface area contributed by atoms with E-state index in [0.717, 1.165) is 5.56 Å². The zero-order valence-corrected chi connectivity index (χ0v) is 11.6. The van der Waals surface area contributed by atoms with Crippen molar-refractivity contribution in [3.8, 4) is 0 Å². The molecule has 103 valence electrons. The van der Waals surface area contributed by atoms with Crippen LogP contribution in [0.2, 0.25) is 0 Å². The third kappa shape index (κ3) is 2.64. The number of hydrogen-bond donors (Lipinski definition) is 1. The fourth-order valence-electron chi connectivity index (χ4n) is 2.45. The van der Waals surface area contributed by atoms with Gasteiger partial charge in [-0.2, -0.15) is 4.31 Å². The van der Waals surface area contributed by atoms with Gasteiger partial charge in [0.2, 0.25) is 15.9 Å². The van der Waals surface area contributed by atoms with Gasteiger partial charge in [0.05, 0.1) is 5.75 Å². The highest BCUT2D eigenvalue weighted by Crippen LogP contribution is 2.31. The molecule has 1 amide bonds. The van der Waals surface area contributed by atoms with Crippen LogP contribution in [-0.2, 0) is 21.2 Å². The van der Waals surface area contributed by atoms with Crippen molar-refractivity contribution in [3.63, 3.8) is 0 Å². The van der Waals surface area contributed by atoms with Crippen molar-refractivity contribution < 1.29 is 13.2 Å². The van der Waals surface area contributed by atoms with E-state index in [2.05, 4.69) is 6.07 Å². The number of hydrogen-bond acceptors (Lipinski definition) is 3. The monoisotopic (exact) mass is 281 g/mol. The SMILES string of the molecule is CCCS(=O)(=O)N1CCc2c[c]ccc2C1C(N)=O. The van der Waals surface area contributed by atoms with Crippen molar-refractivity contribution in [2.75, 3.05) is 12.3 Å². The van der Waals surface area contributed by atoms with E-state index in [4.69, 9.17) is 5.73 Å². The Bertz CT molecular complexity index is 583. The number of primary amides is 1. The zero-order valence-electron chi connectivity index (χ0n) is 10.8. The Kier molecular flexibility index (Phi) is 3.91. The smallest absolute Gasteiger partial charge is 0.240 e. The molecule has 0 spiro atoms. The van der Waals surface area contributed by atoms with Crippen molar-refractivity contribution in [2.24, 2.45) is 5.73 Å². The van der Waals surface area contributed by atoms with Crippen LogP contribution in [0.4, 0.5) is 0 Å². The Hall–Kier alpha value is -1.40. The number of fused-ring (bicyclic) bond motifs is 1. The number of sulfonamides is 1. The van der Waals surface area contributed by atoms with Gasteiger partial charge in [0.1, 0.15) is 6.04 Å². The van der Waals surface area contributed by atoms with E-state index >= 15 is 0 Å². The van der Waals surface area contributed by atoms with Crippen LogP contribution in [0.1, 0.15) is 30.5 Å². The molecule has 1 aromatic carbocycles. The van der Waals surface area contributed by atoms with Crippen LogP contribution in [-0.4, -0.2) is 30.9 Å². The predicted octanol–water partition coefficient (Wildman–Crippen LogP) is 0.611. The zero-order chi connectivity index (χ0) is 14.0. The second-order valence-corrected chi connectivity index (χ2v) is 6.65. The molecule has 1 unspecified atom stereocenters. The molecule has 1 radical (unpaired) electrons. The number of benzene rings is 1. The third-order valence-electron chi connectivity index (χ3n) is 3.26. The summed E-state index contributed by atoms with van der Waals surface area (Å²) in [6, 6.07) is 7.22. The molecule has 0 aliphatic carbocycles. The summed E-state index contributed by atoms with van der Waals surface area (Å²) in [6.07, 6.45) is 1.10. The predicted molar refractivity (Wildman–Crippen MR) is 71.7 cm³/mol. The molecule has 5 nitrogen and oxygen atoms in total. The van der Waals surface area contributed by atoms with Crippen LogP contribution in [0, 0.1) is 6.07 Å². The summed E-state index contributed by atoms with van der Waals surface area (Å²) >= 11 is 0. The van der Waals surface area contributed by atoms with Crippen molar-refractivity contribution in [2.45, 2.75) is 25.8 Å². The second-order valence-electron chi connectivity index (χ2n) is 4.61. The second kappa shape index (κ2) is 5.30. The Morgan fingerprint density at radius 3 is 2.95 bits per heavy atom. The van der Waals surface area contributed by atoms with Gasteiger partial charge in [-0.1, -0.05) is 25.1 Å². The molecule has 6 heteroatoms. The van der Waals surface area contributed by atoms with Gasteiger partial charge in [-0.25, -0.2) is 8.42 Å². The molecule has 2 N–H and O–H groups in total. The summed E-state index contributed by atoms with van der Waals surface area (Å²) in [6.45, 7) is 2.09. The van der Waals surface area contributed by atoms with Gasteiger partial charge in [0.15, 0.2) is 0 Å². The molecule has 1 aliphatic rings. The lowest BCUT2D eigenvalue weighted by Gasteiger charge is -2.34. The van der Waals surface area contributed by atoms with Crippen molar-refractivity contribution >= 4 is 15.9 Å². The molecule has 0 saturated carbocycles. The van der Waals surface area contributed by atoms with E-state index in [1.807, 2.05) is 0 Å². The number of carbonyl (C=O) groups is 1. The first kappa shape index (κ1) is 14.0. The average Bonchev–Trinajstić information content (AvgIpc) is 2.37. The normalized spacial score (nSPS) is 19.9. The van der Waals surface area contributed by atoms with Crippen LogP contribution in [0.5, 0.6) is 0 Å². The summed E-state index contributed by atoms with van der Waals surface area (Å²) < 4.78 is 25.7. The molecule has 1 heterocycles. The first-order valence-electron chi connectivity index (χ1n) is 6.25. The summed E-state index contributed by atoms with van der Waals surface area (Å²) in [7, 11) is -3.45. The molecule has 0 bridgehead atoms. The fourth-order valence-corrected chi connectivity index (χ4v) is 4.10. The van der Waals surface area contributed by atoms with Crippen LogP contribution < -0.4 is 5.73 Å². The van der Waals surface area contributed by atoms with Gasteiger partial charge in [-0.05, 0) is 30.0 Å². The topological polar surface area (TPSA) is 80.5 Å². The maximum Gasteiger partial charge on any atom is 0.240 e. The van der Waals surface area contributed by atoms with Gasteiger partial charge >= 0.3 is 0 Å². The molecular formula is C13H17N2O3S. The highest BCUT2D eigenvalue weighted by atomic mass is 32.2. The van der Waals surface area contributed by atoms with Crippen LogP contribution in [0.3, 0.4) is 0 Å². The minimum Gasteiger partial charge on any atom is -0.368 e. The van der Waals surface area contributed by atoms with E-state index in [1.54, 1.807) is 25.1 Å². The fraction of sp³-hybridized carbons (Fsp3) is 0.462. The largest absolute Gasteiger partial charge is 0.368 e. The highest BCUT2D eigenvalue weighted by molar-refractivity contribution is 7.89. The van der Waals surface area contributed by atoms with Crippen LogP contribution >= 0.6 is 0 Å². The summed E-state index contributed by atoms with van der Waals surface area (Å²) in [5.41, 5.74) is 7.03. The summed E-state index contributed by atoms with van der Waals surface area (Å²) in [4.78, 5) is 11.7. The summed E-state index contributed by atoms with van der Waals surface area (Å²) in [5, 5.41) is 0. The van der Waals surface area contributed by atoms with E-state index in [9.17, 15) is 13.2 Å². The molecule has 1 aromatic rings. The Labute approximate surface area is 113 Å². The van der Waals surface area contributed by atoms with E-state index < -0.39 is 22.0 Å². The van der Waals surface area contributed by atoms with Crippen molar-refractivity contribution in [3.05, 3.63) is 35.4 Å². The average molecular weight is 281 g/mol. The highest BCUT2D eigenvalue weighted by Gasteiger charge is 2.38. The molecular weight excluding hydrogens is 264 g/mol. The van der Waals surface area contributed by atoms with Crippen molar-refractivity contribution in [1.29, 1.82) is 0 Å². The first-order valence-corrected chi connectivity index (χ1v) is 7.86. The van der Waals surface area contributed by atoms with Gasteiger partial charge < -0.3 is 5.73 Å². The Morgan fingerprint density at radius 1 is 1.58 bits per heavy atom. The van der Waals surface area contributed by atoms with E-state index in [0.29, 0.717) is 24.9 Å². The first-order chi connectivity index (χ1) is 8.97. The molecule has 1 aliphatic heterocycles. The number of carbonyl (C=O) groups excluding carboxylic acids is 1. The van der Waals surface area contributed by atoms with Gasteiger partial charge in [-0.15, -0.1) is 0 Å². The number of rotatable bonds is 4. The van der Waals surface area contributed by atoms with Crippen LogP contribution in [0.15, 0.2) is 18.2 Å². The van der Waals surface area contributed by atoms with Gasteiger partial charge in [-0.3, -0.25) is 4.79 Å². The summed E-state index contributed by atoms with van der Waals surface area (Å²) in [5.74, 6) is -0.600. The molecule has 0 fully saturated rings. The minimum atomic E-state index is -3.45. The van der Waals surface area contributed by atoms with E-state index in [1.165, 1.54) is 4.31 Å². The number of nitrogens with zero attached hydrogens (tertiary/aromatic N) is 1. The molecule has 2 rings (SSSR count). The molecule has 0 aromatic heterocycles. The quantitative estimate of drug-likeness (QED) is 0.878. The van der Waals surface area contributed by atoms with Crippen molar-refractivity contribution in [1.82, 2.24) is 4.31 Å². The van der Waals surface area contributed by atoms with E-state index in [-0.39, 0.29) is 5.75 Å². The maximum atomic E-state index is 12.2. The molecule has 19 heavy (non-hydrogen) atoms. The standard InChI is InChI=1S/C13H17N2O3S/c1-2-9-19(17,18)15-8-7-10-5-3-4-6-11(10)12(15)13(14)16/h4-6,12H,2,7-9H2,1H3,(H2,14,16). The lowest BCUT2D eigenvalue weighted by atomic mass is 9.94. The Balaban J connectivity index is 2.46. The van der Waals surface area contributed by atoms with Gasteiger partial charge in [0, 0.05) is 6.54 Å². The minimum absolute atomic E-state index is 0.0328. The van der Waals surface area contributed by atoms with Gasteiger partial charge in [0.25, 0.3) is 0 Å². The third-order valence-corrected chi connectivity index (χ3v) is 5.29. The lowest BCUT2D eigenvalue weighted by Crippen LogP contribution is -2.46.